The number of aliphatic hydroxyl groups excluding tert-OH is 1. The number of aliphatic hydroxyl groups is 1. The smallest absolute Gasteiger partial charge is 0.0431 e. The third kappa shape index (κ3) is 19.7. The quantitative estimate of drug-likeness (QED) is 0.281. The minimum atomic E-state index is 0.360. The maximum atomic E-state index is 8.69. The molecule has 0 aromatic heterocycles. The van der Waals surface area contributed by atoms with Gasteiger partial charge in [-0.3, -0.25) is 0 Å². The fourth-order valence-corrected chi connectivity index (χ4v) is 2.71. The number of hydrogen-bond acceptors (Lipinski definition) is 2. The first-order valence-corrected chi connectivity index (χ1v) is 9.68. The van der Waals surface area contributed by atoms with Crippen molar-refractivity contribution >= 4 is 0 Å². The van der Waals surface area contributed by atoms with Gasteiger partial charge in [0.25, 0.3) is 0 Å². The molecule has 0 aliphatic heterocycles. The zero-order valence-corrected chi connectivity index (χ0v) is 15.4. The Balaban J connectivity index is 3.05. The van der Waals surface area contributed by atoms with Crippen LogP contribution in [0.3, 0.4) is 0 Å². The van der Waals surface area contributed by atoms with Gasteiger partial charge >= 0.3 is 0 Å². The molecule has 0 saturated carbocycles. The molecule has 0 aliphatic rings. The molecule has 0 aromatic carbocycles. The van der Waals surface area contributed by atoms with Gasteiger partial charge < -0.3 is 10.0 Å². The number of allylic oxidation sites excluding steroid dienone is 2. The Morgan fingerprint density at radius 3 is 1.45 bits per heavy atom. The Kier molecular flexibility index (Phi) is 18.4. The van der Waals surface area contributed by atoms with Crippen molar-refractivity contribution in [2.45, 2.75) is 89.9 Å². The van der Waals surface area contributed by atoms with Gasteiger partial charge in [-0.1, -0.05) is 63.5 Å². The summed E-state index contributed by atoms with van der Waals surface area (Å²) in [5, 5.41) is 8.69. The molecule has 2 heteroatoms. The Morgan fingerprint density at radius 2 is 1.00 bits per heavy atom. The van der Waals surface area contributed by atoms with Gasteiger partial charge in [0, 0.05) is 6.61 Å². The van der Waals surface area contributed by atoms with Crippen LogP contribution in [0.25, 0.3) is 0 Å². The zero-order chi connectivity index (χ0) is 16.3. The van der Waals surface area contributed by atoms with E-state index in [1.54, 1.807) is 0 Å². The Hall–Kier alpha value is -0.340. The molecular weight excluding hydrogens is 270 g/mol. The zero-order valence-electron chi connectivity index (χ0n) is 15.4. The van der Waals surface area contributed by atoms with E-state index in [1.807, 2.05) is 0 Å². The van der Waals surface area contributed by atoms with Crippen LogP contribution >= 0.6 is 0 Å². The summed E-state index contributed by atoms with van der Waals surface area (Å²) in [7, 11) is 4.31. The molecule has 0 aromatic rings. The molecule has 0 radical (unpaired) electrons. The van der Waals surface area contributed by atoms with Crippen molar-refractivity contribution in [1.29, 1.82) is 0 Å². The monoisotopic (exact) mass is 311 g/mol. The fraction of sp³-hybridized carbons (Fsp3) is 0.900. The lowest BCUT2D eigenvalue weighted by molar-refractivity contribution is 0.282. The van der Waals surface area contributed by atoms with Gasteiger partial charge in [0.15, 0.2) is 0 Å². The van der Waals surface area contributed by atoms with E-state index < -0.39 is 0 Å². The second-order valence-electron chi connectivity index (χ2n) is 6.82. The minimum Gasteiger partial charge on any atom is -0.396 e. The van der Waals surface area contributed by atoms with Crippen molar-refractivity contribution in [3.63, 3.8) is 0 Å². The molecule has 0 aliphatic carbocycles. The molecule has 132 valence electrons. The maximum Gasteiger partial charge on any atom is 0.0431 e. The maximum absolute atomic E-state index is 8.69. The number of hydrogen-bond donors (Lipinski definition) is 1. The topological polar surface area (TPSA) is 23.5 Å². The molecule has 0 amide bonds. The summed E-state index contributed by atoms with van der Waals surface area (Å²) in [6.07, 6.45) is 23.1. The predicted molar refractivity (Wildman–Crippen MR) is 99.4 cm³/mol. The van der Waals surface area contributed by atoms with Crippen LogP contribution in [0.5, 0.6) is 0 Å². The normalized spacial score (nSPS) is 11.8. The molecule has 0 unspecified atom stereocenters. The van der Waals surface area contributed by atoms with Crippen molar-refractivity contribution in [3.8, 4) is 0 Å². The van der Waals surface area contributed by atoms with Crippen molar-refractivity contribution in [1.82, 2.24) is 4.90 Å². The summed E-state index contributed by atoms with van der Waals surface area (Å²) in [4.78, 5) is 2.28. The molecule has 0 spiro atoms. The van der Waals surface area contributed by atoms with Gasteiger partial charge in [0.05, 0.1) is 0 Å². The average molecular weight is 312 g/mol. The second kappa shape index (κ2) is 18.7. The summed E-state index contributed by atoms with van der Waals surface area (Å²) < 4.78 is 0. The van der Waals surface area contributed by atoms with Crippen molar-refractivity contribution < 1.29 is 5.11 Å². The molecule has 0 bridgehead atoms. The summed E-state index contributed by atoms with van der Waals surface area (Å²) in [5.74, 6) is 0. The van der Waals surface area contributed by atoms with Crippen molar-refractivity contribution in [2.24, 2.45) is 0 Å². The second-order valence-corrected chi connectivity index (χ2v) is 6.82. The largest absolute Gasteiger partial charge is 0.396 e. The highest BCUT2D eigenvalue weighted by atomic mass is 16.2. The van der Waals surface area contributed by atoms with Gasteiger partial charge in [0.1, 0.15) is 0 Å². The highest BCUT2D eigenvalue weighted by Gasteiger charge is 1.93. The molecule has 0 fully saturated rings. The SMILES string of the molecule is CN(C)CCCCCCCC/C=C\CCCCCCCCO. The lowest BCUT2D eigenvalue weighted by Gasteiger charge is -2.08. The van der Waals surface area contributed by atoms with E-state index in [-0.39, 0.29) is 0 Å². The van der Waals surface area contributed by atoms with E-state index in [4.69, 9.17) is 5.11 Å². The molecular formula is C20H41NO. The predicted octanol–water partition coefficient (Wildman–Crippen LogP) is 5.56. The standard InChI is InChI=1S/C20H41NO/c1-21(2)19-17-15-13-11-9-7-5-3-4-6-8-10-12-14-16-18-20-22/h3-4,22H,5-20H2,1-2H3/b4-3-. The van der Waals surface area contributed by atoms with E-state index in [9.17, 15) is 0 Å². The molecule has 0 rings (SSSR count). The Morgan fingerprint density at radius 1 is 0.591 bits per heavy atom. The van der Waals surface area contributed by atoms with Gasteiger partial charge in [-0.05, 0) is 59.2 Å². The first-order chi connectivity index (χ1) is 10.8. The number of nitrogens with zero attached hydrogens (tertiary/aromatic N) is 1. The van der Waals surface area contributed by atoms with Gasteiger partial charge in [-0.2, -0.15) is 0 Å². The lowest BCUT2D eigenvalue weighted by Crippen LogP contribution is -2.12. The minimum absolute atomic E-state index is 0.360. The molecule has 22 heavy (non-hydrogen) atoms. The summed E-state index contributed by atoms with van der Waals surface area (Å²) in [6.45, 7) is 1.60. The van der Waals surface area contributed by atoms with Crippen LogP contribution < -0.4 is 0 Å². The lowest BCUT2D eigenvalue weighted by atomic mass is 10.1. The molecule has 0 heterocycles. The molecule has 0 saturated heterocycles. The molecule has 1 N–H and O–H groups in total. The van der Waals surface area contributed by atoms with Crippen LogP contribution in [0.15, 0.2) is 12.2 Å². The Bertz CT molecular complexity index is 226. The van der Waals surface area contributed by atoms with E-state index >= 15 is 0 Å². The van der Waals surface area contributed by atoms with Crippen LogP contribution in [-0.2, 0) is 0 Å². The third-order valence-corrected chi connectivity index (χ3v) is 4.17. The fourth-order valence-electron chi connectivity index (χ4n) is 2.71. The van der Waals surface area contributed by atoms with Crippen LogP contribution in [0.4, 0.5) is 0 Å². The third-order valence-electron chi connectivity index (χ3n) is 4.17. The van der Waals surface area contributed by atoms with Gasteiger partial charge in [-0.15, -0.1) is 0 Å². The summed E-state index contributed by atoms with van der Waals surface area (Å²) in [5.41, 5.74) is 0. The van der Waals surface area contributed by atoms with E-state index in [0.29, 0.717) is 6.61 Å². The van der Waals surface area contributed by atoms with Crippen LogP contribution in [0, 0.1) is 0 Å². The highest BCUT2D eigenvalue weighted by molar-refractivity contribution is 4.81. The number of unbranched alkanes of at least 4 members (excludes halogenated alkanes) is 12. The van der Waals surface area contributed by atoms with Gasteiger partial charge in [0.2, 0.25) is 0 Å². The van der Waals surface area contributed by atoms with Crippen LogP contribution in [0.2, 0.25) is 0 Å². The van der Waals surface area contributed by atoms with E-state index in [0.717, 1.165) is 6.42 Å². The summed E-state index contributed by atoms with van der Waals surface area (Å²) in [6, 6.07) is 0. The van der Waals surface area contributed by atoms with Crippen LogP contribution in [-0.4, -0.2) is 37.3 Å². The van der Waals surface area contributed by atoms with Gasteiger partial charge in [-0.25, -0.2) is 0 Å². The first kappa shape index (κ1) is 21.7. The highest BCUT2D eigenvalue weighted by Crippen LogP contribution is 2.10. The molecule has 2 nitrogen and oxygen atoms in total. The molecule has 0 atom stereocenters. The van der Waals surface area contributed by atoms with E-state index in [1.165, 1.54) is 90.0 Å². The van der Waals surface area contributed by atoms with Crippen molar-refractivity contribution in [2.75, 3.05) is 27.2 Å². The first-order valence-electron chi connectivity index (χ1n) is 9.68. The van der Waals surface area contributed by atoms with E-state index in [2.05, 4.69) is 31.1 Å². The average Bonchev–Trinajstić information content (AvgIpc) is 2.50. The Labute approximate surface area is 140 Å². The number of rotatable bonds is 17. The van der Waals surface area contributed by atoms with Crippen molar-refractivity contribution in [3.05, 3.63) is 12.2 Å². The summed E-state index contributed by atoms with van der Waals surface area (Å²) >= 11 is 0. The van der Waals surface area contributed by atoms with Crippen LogP contribution in [0.1, 0.15) is 89.9 Å².